The van der Waals surface area contributed by atoms with Crippen molar-refractivity contribution in [3.05, 3.63) is 11.1 Å². The lowest BCUT2D eigenvalue weighted by atomic mass is 10.3. The van der Waals surface area contributed by atoms with Gasteiger partial charge in [0.05, 0.1) is 0 Å². The van der Waals surface area contributed by atoms with Crippen LogP contribution in [0.25, 0.3) is 0 Å². The fraction of sp³-hybridized carbons (Fsp3) is 0.727. The largest absolute Gasteiger partial charge is 0.300 e. The third kappa shape index (κ3) is 3.17. The van der Waals surface area contributed by atoms with E-state index in [1.165, 1.54) is 37.1 Å². The number of thiazole rings is 1. The molecule has 5 heteroatoms. The van der Waals surface area contributed by atoms with Crippen molar-refractivity contribution in [2.45, 2.75) is 45.2 Å². The van der Waals surface area contributed by atoms with Crippen molar-refractivity contribution in [1.82, 2.24) is 9.88 Å². The van der Waals surface area contributed by atoms with E-state index in [-0.39, 0.29) is 0 Å². The topological polar surface area (TPSA) is 54.2 Å². The number of anilines is 1. The highest BCUT2D eigenvalue weighted by Crippen LogP contribution is 2.30. The molecule has 0 saturated heterocycles. The van der Waals surface area contributed by atoms with Crippen molar-refractivity contribution in [2.75, 3.05) is 12.0 Å². The average molecular weight is 240 g/mol. The second-order valence-corrected chi connectivity index (χ2v) is 5.45. The number of aromatic nitrogens is 1. The maximum Gasteiger partial charge on any atom is 0.197 e. The molecular weight excluding hydrogens is 220 g/mol. The van der Waals surface area contributed by atoms with Crippen LogP contribution in [0.4, 0.5) is 5.13 Å². The summed E-state index contributed by atoms with van der Waals surface area (Å²) in [5, 5.41) is 0.807. The summed E-state index contributed by atoms with van der Waals surface area (Å²) in [5.41, 5.74) is 2.60. The first-order valence-electron chi connectivity index (χ1n) is 5.99. The minimum atomic E-state index is 0.807. The Bertz CT molecular complexity index is 322. The lowest BCUT2D eigenvalue weighted by Gasteiger charge is -2.20. The quantitative estimate of drug-likeness (QED) is 0.566. The number of nitrogens with two attached hydrogens (primary N) is 1. The minimum Gasteiger partial charge on any atom is -0.300 e. The summed E-state index contributed by atoms with van der Waals surface area (Å²) in [7, 11) is 0. The summed E-state index contributed by atoms with van der Waals surface area (Å²) in [6.07, 6.45) is 7.22. The molecule has 1 heterocycles. The number of nitrogens with zero attached hydrogens (tertiary/aromatic N) is 2. The summed E-state index contributed by atoms with van der Waals surface area (Å²) in [6, 6.07) is 0.822. The van der Waals surface area contributed by atoms with E-state index in [0.717, 1.165) is 17.7 Å². The Morgan fingerprint density at radius 1 is 1.62 bits per heavy atom. The Hall–Kier alpha value is -0.650. The van der Waals surface area contributed by atoms with Gasteiger partial charge in [-0.1, -0.05) is 24.7 Å². The zero-order valence-corrected chi connectivity index (χ0v) is 10.6. The fourth-order valence-corrected chi connectivity index (χ4v) is 2.59. The van der Waals surface area contributed by atoms with Crippen molar-refractivity contribution < 1.29 is 0 Å². The Morgan fingerprint density at radius 3 is 3.00 bits per heavy atom. The molecule has 3 N–H and O–H groups in total. The zero-order valence-electron chi connectivity index (χ0n) is 9.78. The highest BCUT2D eigenvalue weighted by Gasteiger charge is 2.28. The smallest absolute Gasteiger partial charge is 0.197 e. The molecule has 90 valence electrons. The Labute approximate surface area is 101 Å². The van der Waals surface area contributed by atoms with Crippen LogP contribution in [0, 0.1) is 0 Å². The molecule has 1 aromatic heterocycles. The first-order chi connectivity index (χ1) is 7.83. The molecule has 1 aliphatic carbocycles. The van der Waals surface area contributed by atoms with Crippen LogP contribution in [-0.2, 0) is 6.54 Å². The van der Waals surface area contributed by atoms with Gasteiger partial charge in [-0.15, -0.1) is 0 Å². The number of unbranched alkanes of at least 4 members (excludes halogenated alkanes) is 1. The molecule has 4 nitrogen and oxygen atoms in total. The third-order valence-corrected chi connectivity index (χ3v) is 3.81. The van der Waals surface area contributed by atoms with Crippen LogP contribution in [-0.4, -0.2) is 22.5 Å². The molecule has 0 aromatic carbocycles. The Balaban J connectivity index is 1.88. The van der Waals surface area contributed by atoms with Gasteiger partial charge in [0.2, 0.25) is 0 Å². The van der Waals surface area contributed by atoms with E-state index in [2.05, 4.69) is 22.2 Å². The molecule has 0 unspecified atom stereocenters. The van der Waals surface area contributed by atoms with E-state index in [1.54, 1.807) is 11.3 Å². The van der Waals surface area contributed by atoms with Gasteiger partial charge in [0.25, 0.3) is 0 Å². The van der Waals surface area contributed by atoms with Gasteiger partial charge in [-0.2, -0.15) is 0 Å². The second-order valence-electron chi connectivity index (χ2n) is 4.33. The normalized spacial score (nSPS) is 15.7. The fourth-order valence-electron chi connectivity index (χ4n) is 1.84. The van der Waals surface area contributed by atoms with Gasteiger partial charge in [0.1, 0.15) is 0 Å². The maximum absolute atomic E-state index is 5.33. The van der Waals surface area contributed by atoms with Gasteiger partial charge < -0.3 is 0 Å². The minimum absolute atomic E-state index is 0.807. The third-order valence-electron chi connectivity index (χ3n) is 2.90. The molecule has 0 amide bonds. The number of hydrazine groups is 1. The van der Waals surface area contributed by atoms with Crippen molar-refractivity contribution in [1.29, 1.82) is 0 Å². The molecule has 2 rings (SSSR count). The van der Waals surface area contributed by atoms with Crippen molar-refractivity contribution in [3.63, 3.8) is 0 Å². The van der Waals surface area contributed by atoms with Crippen LogP contribution in [0.5, 0.6) is 0 Å². The van der Waals surface area contributed by atoms with E-state index in [9.17, 15) is 0 Å². The molecule has 1 saturated carbocycles. The van der Waals surface area contributed by atoms with Gasteiger partial charge in [0, 0.05) is 23.7 Å². The van der Waals surface area contributed by atoms with Gasteiger partial charge in [-0.3, -0.25) is 10.3 Å². The second kappa shape index (κ2) is 5.61. The van der Waals surface area contributed by atoms with Gasteiger partial charge in [-0.05, 0) is 25.8 Å². The molecule has 16 heavy (non-hydrogen) atoms. The average Bonchev–Trinajstić information content (AvgIpc) is 3.05. The van der Waals surface area contributed by atoms with Crippen molar-refractivity contribution >= 4 is 16.5 Å². The molecule has 0 aliphatic heterocycles. The monoisotopic (exact) mass is 240 g/mol. The molecule has 0 spiro atoms. The lowest BCUT2D eigenvalue weighted by Crippen LogP contribution is -2.26. The molecule has 1 aliphatic rings. The van der Waals surface area contributed by atoms with Crippen molar-refractivity contribution in [2.24, 2.45) is 5.84 Å². The van der Waals surface area contributed by atoms with Crippen LogP contribution >= 0.6 is 11.3 Å². The van der Waals surface area contributed by atoms with E-state index in [4.69, 9.17) is 5.84 Å². The summed E-state index contributed by atoms with van der Waals surface area (Å²) < 4.78 is 0. The van der Waals surface area contributed by atoms with Crippen LogP contribution in [0.3, 0.4) is 0 Å². The van der Waals surface area contributed by atoms with Gasteiger partial charge >= 0.3 is 0 Å². The van der Waals surface area contributed by atoms with E-state index < -0.39 is 0 Å². The lowest BCUT2D eigenvalue weighted by molar-refractivity contribution is 0.253. The van der Waals surface area contributed by atoms with Crippen LogP contribution < -0.4 is 11.3 Å². The van der Waals surface area contributed by atoms with Gasteiger partial charge in [0.15, 0.2) is 5.13 Å². The predicted molar refractivity (Wildman–Crippen MR) is 68.3 cm³/mol. The highest BCUT2D eigenvalue weighted by molar-refractivity contribution is 7.15. The zero-order chi connectivity index (χ0) is 11.4. The highest BCUT2D eigenvalue weighted by atomic mass is 32.1. The number of hydrogen-bond acceptors (Lipinski definition) is 5. The van der Waals surface area contributed by atoms with Crippen LogP contribution in [0.2, 0.25) is 0 Å². The molecule has 1 fully saturated rings. The molecule has 0 atom stereocenters. The first-order valence-corrected chi connectivity index (χ1v) is 6.80. The van der Waals surface area contributed by atoms with E-state index in [0.29, 0.717) is 0 Å². The van der Waals surface area contributed by atoms with Gasteiger partial charge in [-0.25, -0.2) is 10.8 Å². The Morgan fingerprint density at radius 2 is 2.44 bits per heavy atom. The first kappa shape index (κ1) is 11.8. The number of hydrogen-bond donors (Lipinski definition) is 2. The summed E-state index contributed by atoms with van der Waals surface area (Å²) in [6.45, 7) is 4.49. The summed E-state index contributed by atoms with van der Waals surface area (Å²) >= 11 is 1.65. The SMILES string of the molecule is CCCCN(Cc1cnc(NN)s1)C1CC1. The van der Waals surface area contributed by atoms with Crippen LogP contribution in [0.15, 0.2) is 6.20 Å². The summed E-state index contributed by atoms with van der Waals surface area (Å²) in [4.78, 5) is 8.09. The van der Waals surface area contributed by atoms with Crippen LogP contribution in [0.1, 0.15) is 37.5 Å². The maximum atomic E-state index is 5.33. The molecule has 0 radical (unpaired) electrons. The summed E-state index contributed by atoms with van der Waals surface area (Å²) in [5.74, 6) is 5.33. The predicted octanol–water partition coefficient (Wildman–Crippen LogP) is 2.19. The van der Waals surface area contributed by atoms with E-state index >= 15 is 0 Å². The number of nitrogens with one attached hydrogen (secondary N) is 1. The molecule has 1 aromatic rings. The Kier molecular flexibility index (Phi) is 4.15. The number of rotatable bonds is 7. The van der Waals surface area contributed by atoms with E-state index in [1.807, 2.05) is 6.20 Å². The standard InChI is InChI=1S/C11H20N4S/c1-2-3-6-15(9-4-5-9)8-10-7-13-11(14-12)16-10/h7,9H,2-6,8,12H2,1H3,(H,13,14). The van der Waals surface area contributed by atoms with Crippen molar-refractivity contribution in [3.8, 4) is 0 Å². The molecule has 0 bridgehead atoms. The molecular formula is C11H20N4S. The number of nitrogen functional groups attached to an aromatic ring is 1.